The van der Waals surface area contributed by atoms with E-state index in [0.29, 0.717) is 23.1 Å². The van der Waals surface area contributed by atoms with Crippen LogP contribution >= 0.6 is 11.3 Å². The van der Waals surface area contributed by atoms with Crippen molar-refractivity contribution in [3.63, 3.8) is 0 Å². The third-order valence-corrected chi connectivity index (χ3v) is 4.42. The number of thiazole rings is 1. The summed E-state index contributed by atoms with van der Waals surface area (Å²) in [5, 5.41) is 9.28. The maximum absolute atomic E-state index is 14.1. The van der Waals surface area contributed by atoms with E-state index in [0.717, 1.165) is 17.9 Å². The molecule has 8 nitrogen and oxygen atoms in total. The highest BCUT2D eigenvalue weighted by molar-refractivity contribution is 7.18. The maximum Gasteiger partial charge on any atom is 0.269 e. The van der Waals surface area contributed by atoms with Crippen molar-refractivity contribution in [3.8, 4) is 0 Å². The Labute approximate surface area is 147 Å². The molecule has 0 aromatic carbocycles. The van der Waals surface area contributed by atoms with E-state index in [1.807, 2.05) is 7.05 Å². The highest BCUT2D eigenvalue weighted by Crippen LogP contribution is 2.26. The summed E-state index contributed by atoms with van der Waals surface area (Å²) in [6.07, 6.45) is 3.28. The van der Waals surface area contributed by atoms with Crippen molar-refractivity contribution in [2.75, 3.05) is 36.5 Å². The molecule has 0 aliphatic carbocycles. The van der Waals surface area contributed by atoms with Crippen LogP contribution in [0.2, 0.25) is 0 Å². The fourth-order valence-electron chi connectivity index (χ4n) is 2.30. The Balaban J connectivity index is 1.78. The van der Waals surface area contributed by atoms with E-state index in [9.17, 15) is 9.18 Å². The summed E-state index contributed by atoms with van der Waals surface area (Å²) >= 11 is 1.15. The van der Waals surface area contributed by atoms with Gasteiger partial charge >= 0.3 is 0 Å². The van der Waals surface area contributed by atoms with Crippen LogP contribution in [0.5, 0.6) is 0 Å². The number of nitrogens with one attached hydrogen (secondary N) is 3. The second kappa shape index (κ2) is 7.03. The number of likely N-dealkylation sites (N-methyl/N-ethyl adjacent to an activating group) is 1. The molecule has 3 rings (SSSR count). The van der Waals surface area contributed by atoms with Crippen molar-refractivity contribution >= 4 is 39.5 Å². The highest BCUT2D eigenvalue weighted by Gasteiger charge is 2.17. The Bertz CT molecular complexity index is 920. The predicted octanol–water partition coefficient (Wildman–Crippen LogP) is 1.70. The van der Waals surface area contributed by atoms with E-state index in [4.69, 9.17) is 5.73 Å². The first kappa shape index (κ1) is 17.1. The zero-order chi connectivity index (χ0) is 18.0. The lowest BCUT2D eigenvalue weighted by atomic mass is 10.3. The maximum atomic E-state index is 14.1. The number of fused-ring (bicyclic) bond motifs is 1. The second-order valence-corrected chi connectivity index (χ2v) is 6.41. The molecule has 0 saturated heterocycles. The van der Waals surface area contributed by atoms with Gasteiger partial charge in [0.25, 0.3) is 5.91 Å². The van der Waals surface area contributed by atoms with E-state index in [-0.39, 0.29) is 16.3 Å². The van der Waals surface area contributed by atoms with Crippen LogP contribution in [-0.2, 0) is 0 Å². The van der Waals surface area contributed by atoms with E-state index in [2.05, 4.69) is 25.9 Å². The van der Waals surface area contributed by atoms with Gasteiger partial charge in [0.15, 0.2) is 16.6 Å². The molecule has 3 heterocycles. The van der Waals surface area contributed by atoms with Gasteiger partial charge in [-0.2, -0.15) is 0 Å². The monoisotopic (exact) mass is 363 g/mol. The number of aryl methyl sites for hydroxylation is 1. The molecule has 0 radical (unpaired) electrons. The standard InChI is InChI=1S/C15H18FN7OS/c1-8-6-23-7-9(5-10(16)13(23)20-8)21-14(24)11-12(17)22-15(25-11)19-4-3-18-2/h5-7,18H,3-4,17H2,1-2H3,(H,19,22)(H,21,24). The molecule has 5 N–H and O–H groups in total. The molecule has 1 amide bonds. The highest BCUT2D eigenvalue weighted by atomic mass is 32.1. The van der Waals surface area contributed by atoms with Crippen LogP contribution < -0.4 is 21.7 Å². The van der Waals surface area contributed by atoms with Crippen molar-refractivity contribution in [1.29, 1.82) is 0 Å². The molecule has 0 aliphatic rings. The third kappa shape index (κ3) is 3.69. The molecule has 25 heavy (non-hydrogen) atoms. The number of aromatic nitrogens is 3. The van der Waals surface area contributed by atoms with Crippen LogP contribution in [0.4, 0.5) is 21.0 Å². The minimum Gasteiger partial charge on any atom is -0.382 e. The summed E-state index contributed by atoms with van der Waals surface area (Å²) < 4.78 is 15.6. The molecule has 0 fully saturated rings. The molecule has 0 saturated carbocycles. The van der Waals surface area contributed by atoms with Crippen LogP contribution in [-0.4, -0.2) is 40.4 Å². The lowest BCUT2D eigenvalue weighted by Gasteiger charge is -2.05. The molecule has 0 bridgehead atoms. The lowest BCUT2D eigenvalue weighted by Crippen LogP contribution is -2.17. The normalized spacial score (nSPS) is 11.0. The minimum absolute atomic E-state index is 0.134. The van der Waals surface area contributed by atoms with Gasteiger partial charge in [0.2, 0.25) is 0 Å². The number of rotatable bonds is 6. The van der Waals surface area contributed by atoms with Gasteiger partial charge in [-0.1, -0.05) is 11.3 Å². The first-order valence-electron chi connectivity index (χ1n) is 7.59. The zero-order valence-electron chi connectivity index (χ0n) is 13.8. The number of amides is 1. The lowest BCUT2D eigenvalue weighted by molar-refractivity contribution is 0.103. The van der Waals surface area contributed by atoms with E-state index >= 15 is 0 Å². The molecule has 0 spiro atoms. The molecular weight excluding hydrogens is 345 g/mol. The summed E-state index contributed by atoms with van der Waals surface area (Å²) in [5.41, 5.74) is 7.03. The molecule has 3 aromatic rings. The summed E-state index contributed by atoms with van der Waals surface area (Å²) in [5.74, 6) is -0.820. The van der Waals surface area contributed by atoms with Crippen LogP contribution in [0.25, 0.3) is 5.65 Å². The Morgan fingerprint density at radius 3 is 2.92 bits per heavy atom. The number of carbonyl (C=O) groups excluding carboxylic acids is 1. The number of nitrogen functional groups attached to an aromatic ring is 1. The average Bonchev–Trinajstić information content (AvgIpc) is 3.10. The van der Waals surface area contributed by atoms with Crippen LogP contribution in [0.3, 0.4) is 0 Å². The van der Waals surface area contributed by atoms with Gasteiger partial charge in [0.1, 0.15) is 10.7 Å². The van der Waals surface area contributed by atoms with Crippen LogP contribution in [0.15, 0.2) is 18.5 Å². The smallest absolute Gasteiger partial charge is 0.269 e. The van der Waals surface area contributed by atoms with Crippen molar-refractivity contribution < 1.29 is 9.18 Å². The van der Waals surface area contributed by atoms with Crippen LogP contribution in [0, 0.1) is 12.7 Å². The van der Waals surface area contributed by atoms with Crippen molar-refractivity contribution in [1.82, 2.24) is 19.7 Å². The fourth-order valence-corrected chi connectivity index (χ4v) is 3.11. The number of pyridine rings is 1. The molecule has 0 unspecified atom stereocenters. The first-order chi connectivity index (χ1) is 12.0. The first-order valence-corrected chi connectivity index (χ1v) is 8.40. The van der Waals surface area contributed by atoms with Crippen molar-refractivity contribution in [2.45, 2.75) is 6.92 Å². The third-order valence-electron chi connectivity index (χ3n) is 3.40. The molecular formula is C15H18FN7OS. The number of halogens is 1. The molecule has 0 aliphatic heterocycles. The van der Waals surface area contributed by atoms with E-state index in [1.165, 1.54) is 10.5 Å². The number of hydrogen-bond donors (Lipinski definition) is 4. The quantitative estimate of drug-likeness (QED) is 0.496. The average molecular weight is 363 g/mol. The summed E-state index contributed by atoms with van der Waals surface area (Å²) in [4.78, 5) is 20.9. The van der Waals surface area contributed by atoms with Gasteiger partial charge in [0.05, 0.1) is 11.4 Å². The zero-order valence-corrected chi connectivity index (χ0v) is 14.6. The number of carbonyl (C=O) groups is 1. The fraction of sp³-hybridized carbons (Fsp3) is 0.267. The van der Waals surface area contributed by atoms with Gasteiger partial charge in [0, 0.05) is 31.5 Å². The number of anilines is 3. The van der Waals surface area contributed by atoms with Gasteiger partial charge in [-0.3, -0.25) is 4.79 Å². The Morgan fingerprint density at radius 1 is 1.36 bits per heavy atom. The number of nitrogens with two attached hydrogens (primary N) is 1. The van der Waals surface area contributed by atoms with Gasteiger partial charge in [-0.05, 0) is 14.0 Å². The van der Waals surface area contributed by atoms with Crippen molar-refractivity contribution in [2.24, 2.45) is 0 Å². The van der Waals surface area contributed by atoms with Gasteiger partial charge in [-0.15, -0.1) is 0 Å². The largest absolute Gasteiger partial charge is 0.382 e. The van der Waals surface area contributed by atoms with Crippen molar-refractivity contribution in [3.05, 3.63) is 34.8 Å². The van der Waals surface area contributed by atoms with Gasteiger partial charge in [-0.25, -0.2) is 14.4 Å². The summed E-state index contributed by atoms with van der Waals surface area (Å²) in [6, 6.07) is 1.23. The number of imidazole rings is 1. The number of hydrogen-bond acceptors (Lipinski definition) is 7. The Morgan fingerprint density at radius 2 is 2.16 bits per heavy atom. The summed E-state index contributed by atoms with van der Waals surface area (Å²) in [7, 11) is 1.84. The Kier molecular flexibility index (Phi) is 4.81. The molecule has 132 valence electrons. The second-order valence-electron chi connectivity index (χ2n) is 5.41. The minimum atomic E-state index is -0.516. The predicted molar refractivity (Wildman–Crippen MR) is 96.8 cm³/mol. The Hall–Kier alpha value is -2.72. The topological polar surface area (TPSA) is 109 Å². The van der Waals surface area contributed by atoms with E-state index < -0.39 is 11.7 Å². The van der Waals surface area contributed by atoms with Gasteiger partial charge < -0.3 is 26.1 Å². The van der Waals surface area contributed by atoms with E-state index in [1.54, 1.807) is 19.3 Å². The molecule has 10 heteroatoms. The molecule has 3 aromatic heterocycles. The molecule has 0 atom stereocenters. The number of nitrogens with zero attached hydrogens (tertiary/aromatic N) is 3. The SMILES string of the molecule is CNCCNc1nc(N)c(C(=O)Nc2cc(F)c3nc(C)cn3c2)s1. The van der Waals surface area contributed by atoms with Crippen LogP contribution in [0.1, 0.15) is 15.4 Å². The summed E-state index contributed by atoms with van der Waals surface area (Å²) in [6.45, 7) is 3.18.